The SMILES string of the molecule is CCN(CC)Cc1ccccc1CNc1ccnc2ccsc12. The molecule has 2 aromatic heterocycles. The number of nitrogens with zero attached hydrogens (tertiary/aromatic N) is 2. The minimum atomic E-state index is 0.842. The Labute approximate surface area is 142 Å². The van der Waals surface area contributed by atoms with Crippen molar-refractivity contribution < 1.29 is 0 Å². The van der Waals surface area contributed by atoms with Crippen LogP contribution < -0.4 is 5.32 Å². The quantitative estimate of drug-likeness (QED) is 0.679. The van der Waals surface area contributed by atoms with Gasteiger partial charge in [-0.25, -0.2) is 0 Å². The van der Waals surface area contributed by atoms with Crippen LogP contribution in [0.2, 0.25) is 0 Å². The molecular formula is C19H23N3S. The van der Waals surface area contributed by atoms with Gasteiger partial charge in [0.15, 0.2) is 0 Å². The Morgan fingerprint density at radius 3 is 2.61 bits per heavy atom. The molecule has 0 saturated heterocycles. The van der Waals surface area contributed by atoms with Crippen LogP contribution >= 0.6 is 11.3 Å². The number of benzene rings is 1. The molecule has 3 rings (SSSR count). The number of anilines is 1. The molecule has 0 fully saturated rings. The molecule has 0 amide bonds. The van der Waals surface area contributed by atoms with Crippen LogP contribution in [0.1, 0.15) is 25.0 Å². The first-order chi connectivity index (χ1) is 11.3. The average molecular weight is 325 g/mol. The molecule has 0 atom stereocenters. The van der Waals surface area contributed by atoms with Crippen molar-refractivity contribution in [1.82, 2.24) is 9.88 Å². The number of hydrogen-bond acceptors (Lipinski definition) is 4. The fourth-order valence-corrected chi connectivity index (χ4v) is 3.62. The molecule has 4 heteroatoms. The zero-order valence-electron chi connectivity index (χ0n) is 13.7. The maximum atomic E-state index is 4.40. The summed E-state index contributed by atoms with van der Waals surface area (Å²) in [6, 6.07) is 12.8. The Hall–Kier alpha value is -1.91. The van der Waals surface area contributed by atoms with E-state index in [0.717, 1.165) is 31.7 Å². The van der Waals surface area contributed by atoms with E-state index in [1.807, 2.05) is 6.20 Å². The maximum Gasteiger partial charge on any atom is 0.0830 e. The van der Waals surface area contributed by atoms with E-state index >= 15 is 0 Å². The largest absolute Gasteiger partial charge is 0.380 e. The van der Waals surface area contributed by atoms with Gasteiger partial charge in [0.1, 0.15) is 0 Å². The second kappa shape index (κ2) is 7.57. The molecule has 0 radical (unpaired) electrons. The lowest BCUT2D eigenvalue weighted by Crippen LogP contribution is -2.23. The average Bonchev–Trinajstić information content (AvgIpc) is 3.08. The van der Waals surface area contributed by atoms with E-state index in [2.05, 4.69) is 70.8 Å². The third kappa shape index (κ3) is 3.71. The molecule has 2 heterocycles. The minimum absolute atomic E-state index is 0.842. The lowest BCUT2D eigenvalue weighted by atomic mass is 10.1. The van der Waals surface area contributed by atoms with Gasteiger partial charge in [0.2, 0.25) is 0 Å². The van der Waals surface area contributed by atoms with Gasteiger partial charge >= 0.3 is 0 Å². The first kappa shape index (κ1) is 16.0. The molecule has 0 unspecified atom stereocenters. The Kier molecular flexibility index (Phi) is 5.26. The zero-order valence-corrected chi connectivity index (χ0v) is 14.6. The highest BCUT2D eigenvalue weighted by Crippen LogP contribution is 2.27. The third-order valence-corrected chi connectivity index (χ3v) is 5.16. The summed E-state index contributed by atoms with van der Waals surface area (Å²) in [5.41, 5.74) is 5.00. The van der Waals surface area contributed by atoms with Crippen molar-refractivity contribution in [2.45, 2.75) is 26.9 Å². The summed E-state index contributed by atoms with van der Waals surface area (Å²) in [6.45, 7) is 8.45. The highest BCUT2D eigenvalue weighted by atomic mass is 32.1. The molecule has 3 aromatic rings. The lowest BCUT2D eigenvalue weighted by Gasteiger charge is -2.20. The molecule has 120 valence electrons. The molecule has 0 saturated carbocycles. The van der Waals surface area contributed by atoms with E-state index in [4.69, 9.17) is 0 Å². The van der Waals surface area contributed by atoms with Crippen LogP contribution in [-0.2, 0) is 13.1 Å². The van der Waals surface area contributed by atoms with Crippen LogP contribution in [0.3, 0.4) is 0 Å². The number of aromatic nitrogens is 1. The standard InChI is InChI=1S/C19H23N3S/c1-3-22(4-2)14-16-8-6-5-7-15(16)13-21-17-9-11-20-18-10-12-23-19(17)18/h5-12H,3-4,13-14H2,1-2H3,(H,20,21). The van der Waals surface area contributed by atoms with Crippen molar-refractivity contribution in [1.29, 1.82) is 0 Å². The summed E-state index contributed by atoms with van der Waals surface area (Å²) in [7, 11) is 0. The van der Waals surface area contributed by atoms with Crippen LogP contribution in [0.25, 0.3) is 10.2 Å². The molecule has 23 heavy (non-hydrogen) atoms. The lowest BCUT2D eigenvalue weighted by molar-refractivity contribution is 0.295. The summed E-state index contributed by atoms with van der Waals surface area (Å²) in [5, 5.41) is 5.69. The monoisotopic (exact) mass is 325 g/mol. The Morgan fingerprint density at radius 2 is 1.83 bits per heavy atom. The van der Waals surface area contributed by atoms with Gasteiger partial charge in [-0.05, 0) is 41.7 Å². The third-order valence-electron chi connectivity index (χ3n) is 4.22. The molecule has 1 N–H and O–H groups in total. The Balaban J connectivity index is 1.77. The summed E-state index contributed by atoms with van der Waals surface area (Å²) in [5.74, 6) is 0. The highest BCUT2D eigenvalue weighted by Gasteiger charge is 2.07. The second-order valence-electron chi connectivity index (χ2n) is 5.58. The number of hydrogen-bond donors (Lipinski definition) is 1. The minimum Gasteiger partial charge on any atom is -0.380 e. The highest BCUT2D eigenvalue weighted by molar-refractivity contribution is 7.17. The van der Waals surface area contributed by atoms with Crippen LogP contribution in [0.15, 0.2) is 48.0 Å². The Bertz CT molecular complexity index is 762. The van der Waals surface area contributed by atoms with E-state index in [1.54, 1.807) is 11.3 Å². The molecular weight excluding hydrogens is 302 g/mol. The molecule has 0 aliphatic rings. The van der Waals surface area contributed by atoms with E-state index in [1.165, 1.54) is 21.5 Å². The van der Waals surface area contributed by atoms with Gasteiger partial charge in [0.05, 0.1) is 15.9 Å². The van der Waals surface area contributed by atoms with Crippen LogP contribution in [0, 0.1) is 0 Å². The Morgan fingerprint density at radius 1 is 1.04 bits per heavy atom. The molecule has 3 nitrogen and oxygen atoms in total. The van der Waals surface area contributed by atoms with Crippen molar-refractivity contribution in [2.75, 3.05) is 18.4 Å². The van der Waals surface area contributed by atoms with Gasteiger partial charge in [-0.1, -0.05) is 38.1 Å². The first-order valence-corrected chi connectivity index (χ1v) is 9.05. The maximum absolute atomic E-state index is 4.40. The normalized spacial score (nSPS) is 11.3. The van der Waals surface area contributed by atoms with Gasteiger partial charge in [-0.3, -0.25) is 9.88 Å². The van der Waals surface area contributed by atoms with Crippen molar-refractivity contribution in [3.8, 4) is 0 Å². The second-order valence-corrected chi connectivity index (χ2v) is 6.49. The van der Waals surface area contributed by atoms with E-state index < -0.39 is 0 Å². The zero-order chi connectivity index (χ0) is 16.1. The molecule has 0 aliphatic carbocycles. The number of pyridine rings is 1. The van der Waals surface area contributed by atoms with Gasteiger partial charge in [-0.15, -0.1) is 11.3 Å². The topological polar surface area (TPSA) is 28.2 Å². The number of thiophene rings is 1. The summed E-state index contributed by atoms with van der Waals surface area (Å²) in [6.07, 6.45) is 1.87. The van der Waals surface area contributed by atoms with Crippen LogP contribution in [0.5, 0.6) is 0 Å². The molecule has 0 aliphatic heterocycles. The predicted molar refractivity (Wildman–Crippen MR) is 100 cm³/mol. The fourth-order valence-electron chi connectivity index (χ4n) is 2.78. The molecule has 0 spiro atoms. The summed E-state index contributed by atoms with van der Waals surface area (Å²) < 4.78 is 1.23. The van der Waals surface area contributed by atoms with Crippen molar-refractivity contribution >= 4 is 27.2 Å². The number of rotatable bonds is 7. The summed E-state index contributed by atoms with van der Waals surface area (Å²) >= 11 is 1.74. The summed E-state index contributed by atoms with van der Waals surface area (Å²) in [4.78, 5) is 6.85. The fraction of sp³-hybridized carbons (Fsp3) is 0.316. The first-order valence-electron chi connectivity index (χ1n) is 8.17. The van der Waals surface area contributed by atoms with Crippen molar-refractivity contribution in [3.05, 3.63) is 59.1 Å². The van der Waals surface area contributed by atoms with Gasteiger partial charge in [0.25, 0.3) is 0 Å². The number of fused-ring (bicyclic) bond motifs is 1. The van der Waals surface area contributed by atoms with Crippen molar-refractivity contribution in [3.63, 3.8) is 0 Å². The van der Waals surface area contributed by atoms with E-state index in [-0.39, 0.29) is 0 Å². The van der Waals surface area contributed by atoms with Crippen molar-refractivity contribution in [2.24, 2.45) is 0 Å². The van der Waals surface area contributed by atoms with Gasteiger partial charge in [-0.2, -0.15) is 0 Å². The predicted octanol–water partition coefficient (Wildman–Crippen LogP) is 4.75. The van der Waals surface area contributed by atoms with Gasteiger partial charge in [0, 0.05) is 19.3 Å². The van der Waals surface area contributed by atoms with Gasteiger partial charge < -0.3 is 5.32 Å². The van der Waals surface area contributed by atoms with E-state index in [9.17, 15) is 0 Å². The number of nitrogens with one attached hydrogen (secondary N) is 1. The van der Waals surface area contributed by atoms with Crippen LogP contribution in [-0.4, -0.2) is 23.0 Å². The van der Waals surface area contributed by atoms with E-state index in [0.29, 0.717) is 0 Å². The molecule has 1 aromatic carbocycles. The van der Waals surface area contributed by atoms with Crippen LogP contribution in [0.4, 0.5) is 5.69 Å². The molecule has 0 bridgehead atoms. The smallest absolute Gasteiger partial charge is 0.0830 e.